The van der Waals surface area contributed by atoms with Crippen LogP contribution in [0.1, 0.15) is 10.5 Å². The van der Waals surface area contributed by atoms with Gasteiger partial charge in [-0.2, -0.15) is 0 Å². The van der Waals surface area contributed by atoms with Crippen molar-refractivity contribution in [3.05, 3.63) is 65.7 Å². The third-order valence-corrected chi connectivity index (χ3v) is 5.27. The first-order chi connectivity index (χ1) is 14.2. The van der Waals surface area contributed by atoms with E-state index in [0.717, 1.165) is 11.1 Å². The fourth-order valence-corrected chi connectivity index (χ4v) is 3.83. The Balaban J connectivity index is 1.34. The number of ether oxygens (including phenoxy) is 2. The summed E-state index contributed by atoms with van der Waals surface area (Å²) in [6.45, 7) is 0.215. The lowest BCUT2D eigenvalue weighted by Crippen LogP contribution is -2.12. The van der Waals surface area contributed by atoms with E-state index < -0.39 is 0 Å². The molecule has 2 heterocycles. The van der Waals surface area contributed by atoms with Gasteiger partial charge in [-0.05, 0) is 24.3 Å². The topological polar surface area (TPSA) is 92.7 Å². The molecule has 1 aliphatic rings. The maximum atomic E-state index is 12.7. The number of hydrogen-bond donors (Lipinski definition) is 3. The van der Waals surface area contributed by atoms with Crippen molar-refractivity contribution in [1.29, 1.82) is 0 Å². The SMILES string of the molecule is O=C(Nc1cccc2c(O)cccc12)c1csc(Nc2ccc3c(c2)OCO3)n1. The second kappa shape index (κ2) is 6.99. The molecule has 0 aliphatic carbocycles. The summed E-state index contributed by atoms with van der Waals surface area (Å²) in [4.78, 5) is 17.0. The Morgan fingerprint density at radius 1 is 1.03 bits per heavy atom. The summed E-state index contributed by atoms with van der Waals surface area (Å²) < 4.78 is 10.7. The fraction of sp³-hybridized carbons (Fsp3) is 0.0476. The van der Waals surface area contributed by atoms with Gasteiger partial charge in [-0.25, -0.2) is 4.98 Å². The van der Waals surface area contributed by atoms with Crippen molar-refractivity contribution in [1.82, 2.24) is 4.98 Å². The zero-order valence-electron chi connectivity index (χ0n) is 15.0. The number of nitrogens with zero attached hydrogens (tertiary/aromatic N) is 1. The van der Waals surface area contributed by atoms with E-state index in [9.17, 15) is 9.90 Å². The Morgan fingerprint density at radius 3 is 2.79 bits per heavy atom. The van der Waals surface area contributed by atoms with Crippen LogP contribution in [0.2, 0.25) is 0 Å². The van der Waals surface area contributed by atoms with Crippen molar-refractivity contribution in [2.75, 3.05) is 17.4 Å². The van der Waals surface area contributed by atoms with Crippen LogP contribution in [-0.4, -0.2) is 22.8 Å². The van der Waals surface area contributed by atoms with Gasteiger partial charge in [0.2, 0.25) is 6.79 Å². The van der Waals surface area contributed by atoms with Crippen molar-refractivity contribution in [3.8, 4) is 17.2 Å². The van der Waals surface area contributed by atoms with Gasteiger partial charge >= 0.3 is 0 Å². The number of phenols is 1. The minimum absolute atomic E-state index is 0.169. The van der Waals surface area contributed by atoms with Crippen molar-refractivity contribution >= 4 is 44.5 Å². The van der Waals surface area contributed by atoms with Crippen molar-refractivity contribution < 1.29 is 19.4 Å². The Bertz CT molecular complexity index is 1240. The molecule has 0 saturated carbocycles. The number of rotatable bonds is 4. The Labute approximate surface area is 169 Å². The van der Waals surface area contributed by atoms with Crippen LogP contribution in [0.4, 0.5) is 16.5 Å². The molecule has 0 saturated heterocycles. The van der Waals surface area contributed by atoms with Crippen LogP contribution in [0, 0.1) is 0 Å². The average molecular weight is 405 g/mol. The first kappa shape index (κ1) is 17.3. The zero-order chi connectivity index (χ0) is 19.8. The quantitative estimate of drug-likeness (QED) is 0.455. The Kier molecular flexibility index (Phi) is 4.18. The van der Waals surface area contributed by atoms with E-state index in [1.54, 1.807) is 35.7 Å². The molecule has 29 heavy (non-hydrogen) atoms. The molecule has 3 aromatic carbocycles. The largest absolute Gasteiger partial charge is 0.507 e. The number of benzene rings is 3. The van der Waals surface area contributed by atoms with Gasteiger partial charge in [0, 0.05) is 33.6 Å². The van der Waals surface area contributed by atoms with Gasteiger partial charge in [0.25, 0.3) is 5.91 Å². The number of thiazole rings is 1. The lowest BCUT2D eigenvalue weighted by atomic mass is 10.1. The second-order valence-corrected chi connectivity index (χ2v) is 7.22. The maximum absolute atomic E-state index is 12.7. The highest BCUT2D eigenvalue weighted by atomic mass is 32.1. The van der Waals surface area contributed by atoms with Crippen LogP contribution in [0.25, 0.3) is 10.8 Å². The number of carbonyl (C=O) groups is 1. The molecule has 1 aromatic heterocycles. The summed E-state index contributed by atoms with van der Waals surface area (Å²) in [6.07, 6.45) is 0. The molecule has 0 unspecified atom stereocenters. The molecule has 5 rings (SSSR count). The molecular weight excluding hydrogens is 390 g/mol. The van der Waals surface area contributed by atoms with Crippen LogP contribution >= 0.6 is 11.3 Å². The van der Waals surface area contributed by atoms with Gasteiger partial charge in [-0.15, -0.1) is 11.3 Å². The van der Waals surface area contributed by atoms with E-state index in [2.05, 4.69) is 15.6 Å². The fourth-order valence-electron chi connectivity index (χ4n) is 3.12. The number of phenolic OH excluding ortho intramolecular Hbond substituents is 1. The van der Waals surface area contributed by atoms with Gasteiger partial charge in [0.1, 0.15) is 11.4 Å². The van der Waals surface area contributed by atoms with E-state index >= 15 is 0 Å². The monoisotopic (exact) mass is 405 g/mol. The van der Waals surface area contributed by atoms with E-state index in [-0.39, 0.29) is 18.4 Å². The van der Waals surface area contributed by atoms with Crippen LogP contribution < -0.4 is 20.1 Å². The maximum Gasteiger partial charge on any atom is 0.275 e. The summed E-state index contributed by atoms with van der Waals surface area (Å²) in [5.74, 6) is 1.22. The predicted molar refractivity (Wildman–Crippen MR) is 112 cm³/mol. The molecule has 8 heteroatoms. The number of anilines is 3. The van der Waals surface area contributed by atoms with Crippen molar-refractivity contribution in [3.63, 3.8) is 0 Å². The number of aromatic hydroxyl groups is 1. The van der Waals surface area contributed by atoms with Crippen LogP contribution in [-0.2, 0) is 0 Å². The predicted octanol–water partition coefficient (Wildman–Crippen LogP) is 4.73. The highest BCUT2D eigenvalue weighted by molar-refractivity contribution is 7.14. The highest BCUT2D eigenvalue weighted by Gasteiger charge is 2.16. The molecule has 4 aromatic rings. The normalized spacial score (nSPS) is 12.1. The molecule has 7 nitrogen and oxygen atoms in total. The molecule has 0 atom stereocenters. The van der Waals surface area contributed by atoms with E-state index in [0.29, 0.717) is 33.4 Å². The number of nitrogens with one attached hydrogen (secondary N) is 2. The van der Waals surface area contributed by atoms with Crippen molar-refractivity contribution in [2.45, 2.75) is 0 Å². The molecule has 3 N–H and O–H groups in total. The van der Waals surface area contributed by atoms with E-state index in [1.165, 1.54) is 11.3 Å². The molecule has 144 valence electrons. The molecule has 1 aliphatic heterocycles. The number of aromatic nitrogens is 1. The summed E-state index contributed by atoms with van der Waals surface area (Å²) in [5, 5.41) is 19.7. The molecule has 0 spiro atoms. The number of amides is 1. The molecule has 0 radical (unpaired) electrons. The van der Waals surface area contributed by atoms with E-state index in [1.807, 2.05) is 24.3 Å². The summed E-state index contributed by atoms with van der Waals surface area (Å²) in [7, 11) is 0. The molecule has 0 fully saturated rings. The first-order valence-electron chi connectivity index (χ1n) is 8.82. The van der Waals surface area contributed by atoms with Gasteiger partial charge in [0.15, 0.2) is 16.6 Å². The number of carbonyl (C=O) groups excluding carboxylic acids is 1. The minimum atomic E-state index is -0.323. The van der Waals surface area contributed by atoms with Crippen LogP contribution in [0.3, 0.4) is 0 Å². The molecular formula is C21H15N3O4S. The summed E-state index contributed by atoms with van der Waals surface area (Å²) in [5.41, 5.74) is 1.71. The summed E-state index contributed by atoms with van der Waals surface area (Å²) in [6, 6.07) is 16.1. The number of fused-ring (bicyclic) bond motifs is 2. The zero-order valence-corrected chi connectivity index (χ0v) is 15.8. The Hall–Kier alpha value is -3.78. The number of hydrogen-bond acceptors (Lipinski definition) is 7. The van der Waals surface area contributed by atoms with Gasteiger partial charge in [0.05, 0.1) is 0 Å². The molecule has 0 bridgehead atoms. The Morgan fingerprint density at radius 2 is 1.86 bits per heavy atom. The van der Waals surface area contributed by atoms with Gasteiger partial charge in [-0.1, -0.05) is 24.3 Å². The standard InChI is InChI=1S/C21H15N3O4S/c25-17-6-2-3-13-14(17)4-1-5-15(13)23-20(26)16-10-29-21(24-16)22-12-7-8-18-19(9-12)28-11-27-18/h1-10,25H,11H2,(H,22,24)(H,23,26). The lowest BCUT2D eigenvalue weighted by Gasteiger charge is -2.08. The smallest absolute Gasteiger partial charge is 0.275 e. The van der Waals surface area contributed by atoms with E-state index in [4.69, 9.17) is 9.47 Å². The average Bonchev–Trinajstić information content (AvgIpc) is 3.38. The van der Waals surface area contributed by atoms with Gasteiger partial charge < -0.3 is 25.2 Å². The lowest BCUT2D eigenvalue weighted by molar-refractivity contribution is 0.102. The van der Waals surface area contributed by atoms with Crippen molar-refractivity contribution in [2.24, 2.45) is 0 Å². The first-order valence-corrected chi connectivity index (χ1v) is 9.69. The molecule has 1 amide bonds. The third kappa shape index (κ3) is 3.30. The van der Waals surface area contributed by atoms with Gasteiger partial charge in [-0.3, -0.25) is 4.79 Å². The minimum Gasteiger partial charge on any atom is -0.507 e. The summed E-state index contributed by atoms with van der Waals surface area (Å²) >= 11 is 1.33. The van der Waals surface area contributed by atoms with Crippen LogP contribution in [0.15, 0.2) is 60.0 Å². The third-order valence-electron chi connectivity index (χ3n) is 4.51. The second-order valence-electron chi connectivity index (χ2n) is 6.36. The highest BCUT2D eigenvalue weighted by Crippen LogP contribution is 2.35. The van der Waals surface area contributed by atoms with Crippen LogP contribution in [0.5, 0.6) is 17.2 Å².